The van der Waals surface area contributed by atoms with E-state index in [1.807, 2.05) is 11.8 Å². The van der Waals surface area contributed by atoms with Gasteiger partial charge in [-0.2, -0.15) is 0 Å². The van der Waals surface area contributed by atoms with Crippen molar-refractivity contribution in [1.29, 1.82) is 0 Å². The summed E-state index contributed by atoms with van der Waals surface area (Å²) in [4.78, 5) is 14.3. The lowest BCUT2D eigenvalue weighted by Gasteiger charge is -2.42. The van der Waals surface area contributed by atoms with Crippen molar-refractivity contribution < 1.29 is 9.53 Å². The highest BCUT2D eigenvalue weighted by atomic mass is 16.5. The van der Waals surface area contributed by atoms with Gasteiger partial charge in [0.25, 0.3) is 0 Å². The summed E-state index contributed by atoms with van der Waals surface area (Å²) in [5.41, 5.74) is -0.207. The Kier molecular flexibility index (Phi) is 4.28. The molecule has 0 aromatic carbocycles. The highest BCUT2D eigenvalue weighted by molar-refractivity contribution is 5.76. The minimum atomic E-state index is -0.207. The first kappa shape index (κ1) is 13.8. The van der Waals surface area contributed by atoms with Gasteiger partial charge in [0.1, 0.15) is 0 Å². The molecule has 1 amide bonds. The number of rotatable bonds is 2. The predicted octanol–water partition coefficient (Wildman–Crippen LogP) is 1.40. The van der Waals surface area contributed by atoms with E-state index in [1.165, 1.54) is 0 Å². The van der Waals surface area contributed by atoms with Crippen LogP contribution in [0.3, 0.4) is 0 Å². The molecule has 2 aliphatic heterocycles. The number of carbonyl (C=O) groups excluding carboxylic acids is 1. The zero-order valence-electron chi connectivity index (χ0n) is 11.9. The highest BCUT2D eigenvalue weighted by Gasteiger charge is 2.34. The van der Waals surface area contributed by atoms with Crippen molar-refractivity contribution in [3.05, 3.63) is 0 Å². The van der Waals surface area contributed by atoms with Gasteiger partial charge in [0.05, 0.1) is 11.7 Å². The van der Waals surface area contributed by atoms with Crippen LogP contribution in [0, 0.1) is 5.92 Å². The van der Waals surface area contributed by atoms with Crippen molar-refractivity contribution >= 4 is 5.91 Å². The summed E-state index contributed by atoms with van der Waals surface area (Å²) in [6.45, 7) is 9.76. The van der Waals surface area contributed by atoms with Gasteiger partial charge in [-0.05, 0) is 52.6 Å². The lowest BCUT2D eigenvalue weighted by atomic mass is 9.93. The van der Waals surface area contributed by atoms with E-state index >= 15 is 0 Å². The van der Waals surface area contributed by atoms with Crippen molar-refractivity contribution in [1.82, 2.24) is 10.2 Å². The molecule has 0 saturated carbocycles. The summed E-state index contributed by atoms with van der Waals surface area (Å²) < 4.78 is 5.84. The Labute approximate surface area is 110 Å². The molecule has 2 heterocycles. The van der Waals surface area contributed by atoms with Crippen LogP contribution in [-0.4, -0.2) is 48.7 Å². The maximum atomic E-state index is 12.3. The molecule has 0 radical (unpaired) electrons. The van der Waals surface area contributed by atoms with Crippen molar-refractivity contribution in [2.24, 2.45) is 5.92 Å². The molecule has 0 aromatic heterocycles. The average molecular weight is 254 g/mol. The van der Waals surface area contributed by atoms with Crippen LogP contribution < -0.4 is 5.32 Å². The number of carbonyl (C=O) groups is 1. The van der Waals surface area contributed by atoms with Gasteiger partial charge in [-0.1, -0.05) is 0 Å². The van der Waals surface area contributed by atoms with E-state index in [1.54, 1.807) is 0 Å². The Hall–Kier alpha value is -0.610. The van der Waals surface area contributed by atoms with Gasteiger partial charge in [-0.3, -0.25) is 4.79 Å². The van der Waals surface area contributed by atoms with Crippen LogP contribution in [0.2, 0.25) is 0 Å². The van der Waals surface area contributed by atoms with Crippen LogP contribution in [0.5, 0.6) is 0 Å². The maximum Gasteiger partial charge on any atom is 0.223 e. The first-order valence-electron chi connectivity index (χ1n) is 7.12. The maximum absolute atomic E-state index is 12.3. The fraction of sp³-hybridized carbons (Fsp3) is 0.929. The second kappa shape index (κ2) is 5.57. The minimum Gasteiger partial charge on any atom is -0.369 e. The SMILES string of the molecule is CC1CN(C(=O)CC2CCNCC2)CC(C)(C)O1. The van der Waals surface area contributed by atoms with E-state index in [0.717, 1.165) is 39.0 Å². The first-order chi connectivity index (χ1) is 8.46. The van der Waals surface area contributed by atoms with E-state index in [0.29, 0.717) is 18.2 Å². The van der Waals surface area contributed by atoms with Crippen molar-refractivity contribution in [2.75, 3.05) is 26.2 Å². The standard InChI is InChI=1S/C14H26N2O2/c1-11-9-16(10-14(2,3)18-11)13(17)8-12-4-6-15-7-5-12/h11-12,15H,4-10H2,1-3H3. The number of hydrogen-bond donors (Lipinski definition) is 1. The summed E-state index contributed by atoms with van der Waals surface area (Å²) in [6, 6.07) is 0. The number of nitrogens with one attached hydrogen (secondary N) is 1. The molecule has 2 aliphatic rings. The van der Waals surface area contributed by atoms with Crippen LogP contribution in [0.15, 0.2) is 0 Å². The molecule has 0 aliphatic carbocycles. The summed E-state index contributed by atoms with van der Waals surface area (Å²) in [5, 5.41) is 3.34. The van der Waals surface area contributed by atoms with Gasteiger partial charge in [0.15, 0.2) is 0 Å². The first-order valence-corrected chi connectivity index (χ1v) is 7.12. The summed E-state index contributed by atoms with van der Waals surface area (Å²) in [7, 11) is 0. The third-order valence-corrected chi connectivity index (χ3v) is 3.84. The molecule has 0 bridgehead atoms. The molecule has 4 heteroatoms. The Morgan fingerprint density at radius 2 is 2.06 bits per heavy atom. The van der Waals surface area contributed by atoms with E-state index in [4.69, 9.17) is 4.74 Å². The van der Waals surface area contributed by atoms with Crippen molar-refractivity contribution in [3.8, 4) is 0 Å². The van der Waals surface area contributed by atoms with E-state index in [9.17, 15) is 4.79 Å². The van der Waals surface area contributed by atoms with Crippen LogP contribution in [0.25, 0.3) is 0 Å². The lowest BCUT2D eigenvalue weighted by Crippen LogP contribution is -2.54. The Morgan fingerprint density at radius 1 is 1.39 bits per heavy atom. The predicted molar refractivity (Wildman–Crippen MR) is 71.4 cm³/mol. The molecule has 1 atom stereocenters. The van der Waals surface area contributed by atoms with Gasteiger partial charge in [0, 0.05) is 19.5 Å². The molecule has 1 unspecified atom stereocenters. The summed E-state index contributed by atoms with van der Waals surface area (Å²) in [5.74, 6) is 0.880. The summed E-state index contributed by atoms with van der Waals surface area (Å²) >= 11 is 0. The van der Waals surface area contributed by atoms with Crippen LogP contribution in [0.1, 0.15) is 40.0 Å². The van der Waals surface area contributed by atoms with Crippen LogP contribution >= 0.6 is 0 Å². The Balaban J connectivity index is 1.87. The minimum absolute atomic E-state index is 0.144. The molecule has 104 valence electrons. The molecular weight excluding hydrogens is 228 g/mol. The van der Waals surface area contributed by atoms with E-state index in [-0.39, 0.29) is 11.7 Å². The largest absolute Gasteiger partial charge is 0.369 e. The molecule has 2 saturated heterocycles. The normalized spacial score (nSPS) is 29.3. The zero-order chi connectivity index (χ0) is 13.2. The van der Waals surface area contributed by atoms with Crippen LogP contribution in [0.4, 0.5) is 0 Å². The van der Waals surface area contributed by atoms with Gasteiger partial charge in [0.2, 0.25) is 5.91 Å². The zero-order valence-corrected chi connectivity index (χ0v) is 11.9. The average Bonchev–Trinajstić information content (AvgIpc) is 2.27. The molecule has 0 spiro atoms. The smallest absolute Gasteiger partial charge is 0.223 e. The molecule has 1 N–H and O–H groups in total. The molecular formula is C14H26N2O2. The molecule has 2 fully saturated rings. The third kappa shape index (κ3) is 3.69. The van der Waals surface area contributed by atoms with Gasteiger partial charge >= 0.3 is 0 Å². The van der Waals surface area contributed by atoms with Gasteiger partial charge in [-0.25, -0.2) is 0 Å². The topological polar surface area (TPSA) is 41.6 Å². The van der Waals surface area contributed by atoms with Crippen LogP contribution in [-0.2, 0) is 9.53 Å². The van der Waals surface area contributed by atoms with Crippen molar-refractivity contribution in [3.63, 3.8) is 0 Å². The number of hydrogen-bond acceptors (Lipinski definition) is 3. The summed E-state index contributed by atoms with van der Waals surface area (Å²) in [6.07, 6.45) is 3.12. The Morgan fingerprint density at radius 3 is 2.67 bits per heavy atom. The third-order valence-electron chi connectivity index (χ3n) is 3.84. The monoisotopic (exact) mass is 254 g/mol. The number of amides is 1. The molecule has 2 rings (SSSR count). The fourth-order valence-corrected chi connectivity index (χ4v) is 3.11. The number of piperidine rings is 1. The van der Waals surface area contributed by atoms with Crippen molar-refractivity contribution in [2.45, 2.75) is 51.7 Å². The Bertz CT molecular complexity index is 298. The lowest BCUT2D eigenvalue weighted by molar-refractivity contribution is -0.159. The number of nitrogens with zero attached hydrogens (tertiary/aromatic N) is 1. The van der Waals surface area contributed by atoms with Gasteiger partial charge < -0.3 is 15.0 Å². The van der Waals surface area contributed by atoms with Gasteiger partial charge in [-0.15, -0.1) is 0 Å². The number of morpholine rings is 1. The van der Waals surface area contributed by atoms with E-state index < -0.39 is 0 Å². The highest BCUT2D eigenvalue weighted by Crippen LogP contribution is 2.23. The fourth-order valence-electron chi connectivity index (χ4n) is 3.11. The quantitative estimate of drug-likeness (QED) is 0.810. The second-order valence-corrected chi connectivity index (χ2v) is 6.36. The number of ether oxygens (including phenoxy) is 1. The molecule has 4 nitrogen and oxygen atoms in total. The molecule has 18 heavy (non-hydrogen) atoms. The molecule has 0 aromatic rings. The second-order valence-electron chi connectivity index (χ2n) is 6.36. The van der Waals surface area contributed by atoms with E-state index in [2.05, 4.69) is 19.2 Å².